The summed E-state index contributed by atoms with van der Waals surface area (Å²) in [6.45, 7) is 3.03. The van der Waals surface area contributed by atoms with Gasteiger partial charge in [-0.1, -0.05) is 18.2 Å². The number of methoxy groups -OCH3 is 1. The van der Waals surface area contributed by atoms with Gasteiger partial charge in [-0.2, -0.15) is 0 Å². The maximum absolute atomic E-state index is 12.8. The fourth-order valence-electron chi connectivity index (χ4n) is 3.27. The lowest BCUT2D eigenvalue weighted by molar-refractivity contribution is -0.162. The monoisotopic (exact) mass is 380 g/mol. The number of β-lactam (4-membered cyclic amide) rings is 1. The van der Waals surface area contributed by atoms with E-state index >= 15 is 0 Å². The third-order valence-corrected chi connectivity index (χ3v) is 6.81. The van der Waals surface area contributed by atoms with Crippen LogP contribution >= 0.6 is 0 Å². The number of rotatable bonds is 5. The summed E-state index contributed by atoms with van der Waals surface area (Å²) >= 11 is 0. The fourth-order valence-corrected chi connectivity index (χ4v) is 5.18. The molecule has 0 aromatic heterocycles. The summed E-state index contributed by atoms with van der Waals surface area (Å²) in [6.07, 6.45) is 0. The highest BCUT2D eigenvalue weighted by molar-refractivity contribution is 7.87. The third kappa shape index (κ3) is 2.86. The lowest BCUT2D eigenvalue weighted by atomic mass is 9.96. The van der Waals surface area contributed by atoms with Crippen LogP contribution in [0.1, 0.15) is 13.8 Å². The molecular formula is C17H20N2O6S. The zero-order valence-corrected chi connectivity index (χ0v) is 15.4. The maximum atomic E-state index is 12.8. The van der Waals surface area contributed by atoms with Crippen LogP contribution in [0.25, 0.3) is 0 Å². The molecular weight excluding hydrogens is 360 g/mol. The number of para-hydroxylation sites is 1. The van der Waals surface area contributed by atoms with Gasteiger partial charge >= 0.3 is 5.97 Å². The lowest BCUT2D eigenvalue weighted by Crippen LogP contribution is -2.71. The molecule has 0 unspecified atom stereocenters. The van der Waals surface area contributed by atoms with E-state index in [1.807, 2.05) is 6.07 Å². The Labute approximate surface area is 153 Å². The van der Waals surface area contributed by atoms with E-state index in [0.717, 1.165) is 0 Å². The summed E-state index contributed by atoms with van der Waals surface area (Å²) in [5.41, 5.74) is 0. The van der Waals surface area contributed by atoms with E-state index in [-0.39, 0.29) is 6.61 Å². The number of esters is 1. The molecule has 0 bridgehead atoms. The minimum atomic E-state index is -1.53. The Morgan fingerprint density at radius 1 is 1.27 bits per heavy atom. The van der Waals surface area contributed by atoms with Crippen LogP contribution in [0.4, 0.5) is 0 Å². The Morgan fingerprint density at radius 3 is 2.54 bits per heavy atom. The number of carbonyl (C=O) groups excluding carboxylic acids is 3. The van der Waals surface area contributed by atoms with Crippen molar-refractivity contribution in [2.75, 3.05) is 13.7 Å². The van der Waals surface area contributed by atoms with Crippen LogP contribution in [0.15, 0.2) is 30.3 Å². The van der Waals surface area contributed by atoms with Gasteiger partial charge in [-0.15, -0.1) is 0 Å². The molecule has 0 radical (unpaired) electrons. The molecule has 1 aromatic carbocycles. The molecule has 3 rings (SSSR count). The molecule has 2 aliphatic rings. The minimum Gasteiger partial charge on any atom is -0.484 e. The van der Waals surface area contributed by atoms with Gasteiger partial charge in [0, 0.05) is 0 Å². The van der Waals surface area contributed by atoms with Gasteiger partial charge in [0.2, 0.25) is 5.91 Å². The number of carbonyl (C=O) groups is 3. The highest BCUT2D eigenvalue weighted by atomic mass is 32.2. The summed E-state index contributed by atoms with van der Waals surface area (Å²) in [6, 6.07) is 6.92. The molecule has 8 nitrogen and oxygen atoms in total. The lowest BCUT2D eigenvalue weighted by Gasteiger charge is -2.43. The van der Waals surface area contributed by atoms with Crippen molar-refractivity contribution in [3.05, 3.63) is 30.3 Å². The van der Waals surface area contributed by atoms with Crippen molar-refractivity contribution in [2.24, 2.45) is 0 Å². The first-order valence-corrected chi connectivity index (χ1v) is 9.28. The first-order valence-electron chi connectivity index (χ1n) is 8.07. The third-order valence-electron chi connectivity index (χ3n) is 4.61. The average molecular weight is 380 g/mol. The molecule has 0 saturated carbocycles. The highest BCUT2D eigenvalue weighted by Gasteiger charge is 2.68. The molecule has 2 saturated heterocycles. The predicted molar refractivity (Wildman–Crippen MR) is 92.5 cm³/mol. The summed E-state index contributed by atoms with van der Waals surface area (Å²) in [7, 11) is -0.311. The molecule has 1 N–H and O–H groups in total. The molecule has 2 fully saturated rings. The largest absolute Gasteiger partial charge is 0.484 e. The van der Waals surface area contributed by atoms with Gasteiger partial charge in [-0.25, -0.2) is 4.79 Å². The minimum absolute atomic E-state index is 0.267. The Hall–Kier alpha value is -2.42. The molecule has 140 valence electrons. The van der Waals surface area contributed by atoms with Crippen molar-refractivity contribution >= 4 is 28.6 Å². The average Bonchev–Trinajstić information content (AvgIpc) is 2.82. The molecule has 2 aliphatic heterocycles. The second-order valence-electron chi connectivity index (χ2n) is 6.61. The van der Waals surface area contributed by atoms with Gasteiger partial charge in [-0.05, 0) is 26.0 Å². The van der Waals surface area contributed by atoms with Gasteiger partial charge in [0.25, 0.3) is 5.91 Å². The number of fused-ring (bicyclic) bond motifs is 1. The molecule has 4 atom stereocenters. The van der Waals surface area contributed by atoms with Crippen molar-refractivity contribution in [3.63, 3.8) is 0 Å². The van der Waals surface area contributed by atoms with Crippen LogP contribution in [0.3, 0.4) is 0 Å². The number of hydrogen-bond donors (Lipinski definition) is 1. The predicted octanol–water partition coefficient (Wildman–Crippen LogP) is -0.199. The van der Waals surface area contributed by atoms with Crippen LogP contribution in [0, 0.1) is 0 Å². The Kier molecular flexibility index (Phi) is 4.74. The second-order valence-corrected chi connectivity index (χ2v) is 8.74. The zero-order valence-electron chi connectivity index (χ0n) is 14.6. The van der Waals surface area contributed by atoms with Gasteiger partial charge in [0.05, 0.1) is 22.7 Å². The standard InChI is InChI=1S/C17H20N2O6S/c1-17(2)13(16(22)24-3)19-14(21)12(15(19)26(17)23)18-11(20)9-25-10-7-5-4-6-8-10/h4-8,12-13,15H,9H2,1-3H3,(H,18,20)/t12-,13-,15-,26+/m1/s1. The fraction of sp³-hybridized carbons (Fsp3) is 0.471. The molecule has 26 heavy (non-hydrogen) atoms. The van der Waals surface area contributed by atoms with Gasteiger partial charge in [0.1, 0.15) is 23.2 Å². The first kappa shape index (κ1) is 18.4. The number of nitrogens with zero attached hydrogens (tertiary/aromatic N) is 1. The molecule has 2 amide bonds. The zero-order chi connectivity index (χ0) is 19.1. The van der Waals surface area contributed by atoms with Gasteiger partial charge < -0.3 is 19.7 Å². The maximum Gasteiger partial charge on any atom is 0.330 e. The van der Waals surface area contributed by atoms with E-state index in [1.165, 1.54) is 12.0 Å². The summed E-state index contributed by atoms with van der Waals surface area (Å²) in [5, 5.41) is 1.81. The van der Waals surface area contributed by atoms with Crippen LogP contribution < -0.4 is 10.1 Å². The molecule has 2 heterocycles. The van der Waals surface area contributed by atoms with Gasteiger partial charge in [-0.3, -0.25) is 13.8 Å². The topological polar surface area (TPSA) is 102 Å². The number of ether oxygens (including phenoxy) is 2. The van der Waals surface area contributed by atoms with Crippen LogP contribution in [-0.2, 0) is 29.9 Å². The van der Waals surface area contributed by atoms with E-state index in [9.17, 15) is 18.6 Å². The highest BCUT2D eigenvalue weighted by Crippen LogP contribution is 2.43. The van der Waals surface area contributed by atoms with Crippen molar-refractivity contribution in [2.45, 2.75) is 36.1 Å². The number of nitrogens with one attached hydrogen (secondary N) is 1. The molecule has 0 spiro atoms. The number of hydrogen-bond acceptors (Lipinski definition) is 6. The van der Waals surface area contributed by atoms with Crippen LogP contribution in [0.5, 0.6) is 5.75 Å². The summed E-state index contributed by atoms with van der Waals surface area (Å²) in [5.74, 6) is -1.03. The van der Waals surface area contributed by atoms with E-state index in [2.05, 4.69) is 5.32 Å². The quantitative estimate of drug-likeness (QED) is 0.561. The molecule has 1 aromatic rings. The second kappa shape index (κ2) is 6.71. The van der Waals surface area contributed by atoms with Crippen LogP contribution in [-0.4, -0.2) is 62.8 Å². The summed E-state index contributed by atoms with van der Waals surface area (Å²) < 4.78 is 21.9. The van der Waals surface area contributed by atoms with Crippen molar-refractivity contribution in [3.8, 4) is 5.75 Å². The summed E-state index contributed by atoms with van der Waals surface area (Å²) in [4.78, 5) is 37.8. The first-order chi connectivity index (χ1) is 12.3. The van der Waals surface area contributed by atoms with Crippen molar-refractivity contribution in [1.29, 1.82) is 0 Å². The normalized spacial score (nSPS) is 28.7. The Balaban J connectivity index is 1.66. The number of benzene rings is 1. The van der Waals surface area contributed by atoms with E-state index < -0.39 is 50.8 Å². The van der Waals surface area contributed by atoms with E-state index in [0.29, 0.717) is 5.75 Å². The smallest absolute Gasteiger partial charge is 0.330 e. The Bertz CT molecular complexity index is 766. The van der Waals surface area contributed by atoms with Crippen molar-refractivity contribution in [1.82, 2.24) is 10.2 Å². The van der Waals surface area contributed by atoms with Crippen molar-refractivity contribution < 1.29 is 28.1 Å². The Morgan fingerprint density at radius 2 is 1.92 bits per heavy atom. The molecule has 0 aliphatic carbocycles. The van der Waals surface area contributed by atoms with Gasteiger partial charge in [0.15, 0.2) is 6.61 Å². The number of amides is 2. The van der Waals surface area contributed by atoms with E-state index in [1.54, 1.807) is 38.1 Å². The SMILES string of the molecule is COC(=O)[C@H]1N2C(=O)[C@@H](NC(=O)COc3ccccc3)[C@H]2[S@](=O)C1(C)C. The van der Waals surface area contributed by atoms with Crippen LogP contribution in [0.2, 0.25) is 0 Å². The molecule has 9 heteroatoms. The van der Waals surface area contributed by atoms with E-state index in [4.69, 9.17) is 9.47 Å².